The number of aromatic nitrogens is 1. The van der Waals surface area contributed by atoms with Gasteiger partial charge in [0.25, 0.3) is 0 Å². The number of hydrogen-bond donors (Lipinski definition) is 0. The zero-order valence-corrected chi connectivity index (χ0v) is 31.0. The molecule has 3 aromatic heterocycles. The molecule has 12 rings (SSSR count). The van der Waals surface area contributed by atoms with Crippen LogP contribution in [0.3, 0.4) is 0 Å². The van der Waals surface area contributed by atoms with Gasteiger partial charge in [-0.05, 0) is 95.4 Å². The summed E-state index contributed by atoms with van der Waals surface area (Å²) in [5.74, 6) is 0. The summed E-state index contributed by atoms with van der Waals surface area (Å²) < 4.78 is 11.7. The number of benzene rings is 9. The Morgan fingerprint density at radius 1 is 0.446 bits per heavy atom. The molecule has 0 spiro atoms. The highest BCUT2D eigenvalue weighted by Gasteiger charge is 2.22. The van der Waals surface area contributed by atoms with Crippen LogP contribution in [-0.2, 0) is 0 Å². The lowest BCUT2D eigenvalue weighted by Gasteiger charge is -2.26. The van der Waals surface area contributed by atoms with Gasteiger partial charge in [-0.25, -0.2) is 0 Å². The summed E-state index contributed by atoms with van der Waals surface area (Å²) in [5.41, 5.74) is 11.0. The average Bonchev–Trinajstić information content (AvgIpc) is 3.94. The van der Waals surface area contributed by atoms with E-state index in [1.165, 1.54) is 58.5 Å². The maximum Gasteiger partial charge on any atom is 0.143 e. The number of furan rings is 1. The van der Waals surface area contributed by atoms with Gasteiger partial charge in [0.05, 0.1) is 22.1 Å². The van der Waals surface area contributed by atoms with Gasteiger partial charge in [0, 0.05) is 58.8 Å². The third-order valence-electron chi connectivity index (χ3n) is 11.4. The summed E-state index contributed by atoms with van der Waals surface area (Å²) >= 11 is 1.85. The molecule has 0 radical (unpaired) electrons. The monoisotopic (exact) mass is 732 g/mol. The summed E-state index contributed by atoms with van der Waals surface area (Å²) in [5, 5.41) is 9.56. The summed E-state index contributed by atoms with van der Waals surface area (Å²) in [7, 11) is 0. The Bertz CT molecular complexity index is 3480. The summed E-state index contributed by atoms with van der Waals surface area (Å²) in [6.07, 6.45) is 0. The Hall–Kier alpha value is -7.14. The Morgan fingerprint density at radius 3 is 2.05 bits per heavy atom. The van der Waals surface area contributed by atoms with Crippen LogP contribution in [0.15, 0.2) is 199 Å². The number of nitrogens with zero attached hydrogens (tertiary/aromatic N) is 2. The van der Waals surface area contributed by atoms with Crippen molar-refractivity contribution >= 4 is 103 Å². The summed E-state index contributed by atoms with van der Waals surface area (Å²) in [6, 6.07) is 70.2. The molecule has 12 aromatic rings. The first kappa shape index (κ1) is 31.2. The van der Waals surface area contributed by atoms with E-state index in [0.29, 0.717) is 0 Å². The minimum Gasteiger partial charge on any atom is -0.455 e. The molecule has 4 heteroatoms. The average molecular weight is 733 g/mol. The lowest BCUT2D eigenvalue weighted by molar-refractivity contribution is 0.672. The zero-order valence-electron chi connectivity index (χ0n) is 30.2. The fraction of sp³-hybridized carbons (Fsp3) is 0. The first-order valence-corrected chi connectivity index (χ1v) is 19.8. The van der Waals surface area contributed by atoms with Crippen molar-refractivity contribution in [2.24, 2.45) is 0 Å². The molecule has 3 heterocycles. The molecule has 0 bridgehead atoms. The second-order valence-corrected chi connectivity index (χ2v) is 15.5. The lowest BCUT2D eigenvalue weighted by atomic mass is 9.98. The SMILES string of the molecule is c1ccc(-n2c3ccccc3c3c(-c4ccc(N(c5ccc6sc7ccccc7c6c5)c5cccc6oc7c8ccccc8ccc7c56)cc4)cccc32)cc1. The van der Waals surface area contributed by atoms with E-state index in [-0.39, 0.29) is 0 Å². The van der Waals surface area contributed by atoms with E-state index in [1.807, 2.05) is 11.3 Å². The van der Waals surface area contributed by atoms with Gasteiger partial charge < -0.3 is 13.9 Å². The fourth-order valence-electron chi connectivity index (χ4n) is 8.91. The predicted octanol–water partition coefficient (Wildman–Crippen LogP) is 15.3. The van der Waals surface area contributed by atoms with Crippen LogP contribution in [0, 0.1) is 0 Å². The maximum absolute atomic E-state index is 6.70. The van der Waals surface area contributed by atoms with E-state index >= 15 is 0 Å². The van der Waals surface area contributed by atoms with Crippen molar-refractivity contribution in [1.82, 2.24) is 4.57 Å². The first-order chi connectivity index (χ1) is 27.8. The van der Waals surface area contributed by atoms with Crippen molar-refractivity contribution in [3.8, 4) is 16.8 Å². The topological polar surface area (TPSA) is 21.3 Å². The number of thiophene rings is 1. The number of rotatable bonds is 5. The molecule has 0 unspecified atom stereocenters. The first-order valence-electron chi connectivity index (χ1n) is 19.0. The molecule has 262 valence electrons. The molecule has 0 saturated carbocycles. The second kappa shape index (κ2) is 12.2. The van der Waals surface area contributed by atoms with Crippen molar-refractivity contribution in [3.05, 3.63) is 194 Å². The smallest absolute Gasteiger partial charge is 0.143 e. The molecule has 0 aliphatic heterocycles. The zero-order chi connectivity index (χ0) is 36.7. The van der Waals surface area contributed by atoms with Crippen molar-refractivity contribution in [2.75, 3.05) is 4.90 Å². The molecule has 56 heavy (non-hydrogen) atoms. The highest BCUT2D eigenvalue weighted by molar-refractivity contribution is 7.25. The third-order valence-corrected chi connectivity index (χ3v) is 12.5. The Kier molecular flexibility index (Phi) is 6.80. The minimum atomic E-state index is 0.874. The van der Waals surface area contributed by atoms with Gasteiger partial charge in [-0.15, -0.1) is 11.3 Å². The van der Waals surface area contributed by atoms with Crippen LogP contribution in [0.25, 0.3) is 91.5 Å². The lowest BCUT2D eigenvalue weighted by Crippen LogP contribution is -2.10. The number of hydrogen-bond acceptors (Lipinski definition) is 3. The van der Waals surface area contributed by atoms with Gasteiger partial charge in [0.1, 0.15) is 11.2 Å². The largest absolute Gasteiger partial charge is 0.455 e. The number of fused-ring (bicyclic) bond motifs is 11. The van der Waals surface area contributed by atoms with Crippen LogP contribution in [0.2, 0.25) is 0 Å². The van der Waals surface area contributed by atoms with E-state index in [9.17, 15) is 0 Å². The van der Waals surface area contributed by atoms with Gasteiger partial charge in [0.15, 0.2) is 0 Å². The molecule has 0 fully saturated rings. The van der Waals surface area contributed by atoms with Crippen LogP contribution < -0.4 is 4.90 Å². The minimum absolute atomic E-state index is 0.874. The summed E-state index contributed by atoms with van der Waals surface area (Å²) in [4.78, 5) is 2.41. The van der Waals surface area contributed by atoms with Crippen molar-refractivity contribution in [1.29, 1.82) is 0 Å². The standard InChI is InChI=1S/C52H32N2OS/c1-2-13-35(14-3-1)54-44-19-8-6-17-41(44)50-38(18-10-20-45(50)54)34-24-27-36(28-25-34)53(37-29-31-49-43(32-37)40-16-7-9-23-48(40)56-49)46-21-11-22-47-51(46)42-30-26-33-12-4-5-15-39(33)52(42)55-47/h1-32H. The molecule has 3 nitrogen and oxygen atoms in total. The van der Waals surface area contributed by atoms with Crippen LogP contribution >= 0.6 is 11.3 Å². The van der Waals surface area contributed by atoms with Crippen LogP contribution in [0.4, 0.5) is 17.1 Å². The van der Waals surface area contributed by atoms with Gasteiger partial charge in [-0.3, -0.25) is 0 Å². The Balaban J connectivity index is 1.08. The van der Waals surface area contributed by atoms with E-state index < -0.39 is 0 Å². The van der Waals surface area contributed by atoms with Crippen LogP contribution in [0.5, 0.6) is 0 Å². The molecule has 0 atom stereocenters. The molecule has 0 saturated heterocycles. The fourth-order valence-corrected chi connectivity index (χ4v) is 9.99. The van der Waals surface area contributed by atoms with E-state index in [0.717, 1.165) is 50.1 Å². The molecule has 9 aromatic carbocycles. The summed E-state index contributed by atoms with van der Waals surface area (Å²) in [6.45, 7) is 0. The van der Waals surface area contributed by atoms with Crippen molar-refractivity contribution in [3.63, 3.8) is 0 Å². The number of para-hydroxylation sites is 2. The van der Waals surface area contributed by atoms with Gasteiger partial charge >= 0.3 is 0 Å². The third kappa shape index (κ3) is 4.63. The maximum atomic E-state index is 6.70. The molecule has 0 aliphatic rings. The van der Waals surface area contributed by atoms with Gasteiger partial charge in [-0.2, -0.15) is 0 Å². The Morgan fingerprint density at radius 2 is 1.16 bits per heavy atom. The van der Waals surface area contributed by atoms with E-state index in [1.54, 1.807) is 0 Å². The van der Waals surface area contributed by atoms with E-state index in [2.05, 4.69) is 204 Å². The quantitative estimate of drug-likeness (QED) is 0.176. The Labute approximate surface area is 326 Å². The highest BCUT2D eigenvalue weighted by atomic mass is 32.1. The number of anilines is 3. The molecular formula is C52H32N2OS. The van der Waals surface area contributed by atoms with Crippen LogP contribution in [0.1, 0.15) is 0 Å². The van der Waals surface area contributed by atoms with Crippen molar-refractivity contribution in [2.45, 2.75) is 0 Å². The normalized spacial score (nSPS) is 11.9. The molecule has 0 N–H and O–H groups in total. The predicted molar refractivity (Wildman–Crippen MR) is 239 cm³/mol. The molecular weight excluding hydrogens is 701 g/mol. The highest BCUT2D eigenvalue weighted by Crippen LogP contribution is 2.47. The van der Waals surface area contributed by atoms with Gasteiger partial charge in [-0.1, -0.05) is 115 Å². The molecule has 0 amide bonds. The van der Waals surface area contributed by atoms with Crippen LogP contribution in [-0.4, -0.2) is 4.57 Å². The second-order valence-electron chi connectivity index (χ2n) is 14.5. The van der Waals surface area contributed by atoms with Crippen molar-refractivity contribution < 1.29 is 4.42 Å². The van der Waals surface area contributed by atoms with Gasteiger partial charge in [0.2, 0.25) is 0 Å². The molecule has 0 aliphatic carbocycles. The van der Waals surface area contributed by atoms with E-state index in [4.69, 9.17) is 4.42 Å².